The van der Waals surface area contributed by atoms with E-state index in [-0.39, 0.29) is 24.5 Å². The lowest BCUT2D eigenvalue weighted by Gasteiger charge is -2.44. The number of aromatic nitrogens is 1. The summed E-state index contributed by atoms with van der Waals surface area (Å²) >= 11 is 0. The topological polar surface area (TPSA) is 82.0 Å². The van der Waals surface area contributed by atoms with E-state index in [4.69, 9.17) is 14.2 Å². The second kappa shape index (κ2) is 9.26. The number of benzene rings is 2. The summed E-state index contributed by atoms with van der Waals surface area (Å²) in [6.45, 7) is 3.60. The van der Waals surface area contributed by atoms with Crippen molar-refractivity contribution in [3.8, 4) is 11.5 Å². The largest absolute Gasteiger partial charge is 0.497 e. The number of carbonyl (C=O) groups excluding carboxylic acids is 2. The molecule has 2 aromatic carbocycles. The summed E-state index contributed by atoms with van der Waals surface area (Å²) in [7, 11) is 3.23. The maximum absolute atomic E-state index is 13.9. The van der Waals surface area contributed by atoms with Gasteiger partial charge in [0.2, 0.25) is 5.91 Å². The first-order valence-electron chi connectivity index (χ1n) is 11.9. The fraction of sp³-hybridized carbons (Fsp3) is 0.407. The second-order valence-corrected chi connectivity index (χ2v) is 9.40. The predicted molar refractivity (Wildman–Crippen MR) is 132 cm³/mol. The molecule has 2 aliphatic rings. The predicted octanol–water partition coefficient (Wildman–Crippen LogP) is 3.37. The normalized spacial score (nSPS) is 21.7. The number of nitrogens with zero attached hydrogens (tertiary/aromatic N) is 2. The molecule has 184 valence electrons. The summed E-state index contributed by atoms with van der Waals surface area (Å²) in [6, 6.07) is 15.2. The highest BCUT2D eigenvalue weighted by molar-refractivity contribution is 6.03. The summed E-state index contributed by atoms with van der Waals surface area (Å²) in [6.07, 6.45) is 1.94. The van der Waals surface area contributed by atoms with Crippen molar-refractivity contribution in [2.75, 3.05) is 27.4 Å². The van der Waals surface area contributed by atoms with E-state index in [0.717, 1.165) is 35.9 Å². The number of ether oxygens (including phenoxy) is 3. The Kier molecular flexibility index (Phi) is 6.15. The van der Waals surface area contributed by atoms with E-state index in [1.54, 1.807) is 19.1 Å². The molecule has 2 atom stereocenters. The van der Waals surface area contributed by atoms with Gasteiger partial charge in [-0.25, -0.2) is 0 Å². The van der Waals surface area contributed by atoms with Crippen molar-refractivity contribution in [2.45, 2.75) is 44.5 Å². The van der Waals surface area contributed by atoms with E-state index in [2.05, 4.69) is 5.32 Å². The van der Waals surface area contributed by atoms with E-state index < -0.39 is 5.54 Å². The van der Waals surface area contributed by atoms with Crippen LogP contribution in [0.5, 0.6) is 11.5 Å². The number of fused-ring (bicyclic) bond motifs is 3. The van der Waals surface area contributed by atoms with Crippen LogP contribution in [-0.2, 0) is 22.6 Å². The second-order valence-electron chi connectivity index (χ2n) is 9.40. The van der Waals surface area contributed by atoms with Gasteiger partial charge in [-0.3, -0.25) is 9.59 Å². The molecule has 8 nitrogen and oxygen atoms in total. The molecule has 1 N–H and O–H groups in total. The van der Waals surface area contributed by atoms with Gasteiger partial charge in [0.05, 0.1) is 32.4 Å². The molecular formula is C27H31N3O5. The smallest absolute Gasteiger partial charge is 0.271 e. The minimum atomic E-state index is -1.11. The van der Waals surface area contributed by atoms with Crippen molar-refractivity contribution < 1.29 is 23.8 Å². The SMILES string of the molecule is COc1cccc(CN2C(=O)c3cc4ccc(OC)cc4n3C[C@]2(C)C(=O)NC[C@H]2CCCO2)c1. The van der Waals surface area contributed by atoms with E-state index in [1.807, 2.05) is 60.0 Å². The molecule has 1 fully saturated rings. The molecule has 8 heteroatoms. The van der Waals surface area contributed by atoms with Crippen LogP contribution in [0.3, 0.4) is 0 Å². The highest BCUT2D eigenvalue weighted by atomic mass is 16.5. The molecule has 0 radical (unpaired) electrons. The Labute approximate surface area is 204 Å². The van der Waals surface area contributed by atoms with Gasteiger partial charge in [0.1, 0.15) is 22.7 Å². The Morgan fingerprint density at radius 2 is 1.94 bits per heavy atom. The van der Waals surface area contributed by atoms with E-state index in [1.165, 1.54) is 0 Å². The molecule has 3 heterocycles. The maximum Gasteiger partial charge on any atom is 0.271 e. The van der Waals surface area contributed by atoms with Crippen molar-refractivity contribution in [1.82, 2.24) is 14.8 Å². The third-order valence-electron chi connectivity index (χ3n) is 7.12. The van der Waals surface area contributed by atoms with E-state index in [0.29, 0.717) is 30.3 Å². The number of carbonyl (C=O) groups is 2. The first-order valence-corrected chi connectivity index (χ1v) is 11.9. The summed E-state index contributed by atoms with van der Waals surface area (Å²) < 4.78 is 18.4. The van der Waals surface area contributed by atoms with Gasteiger partial charge in [0, 0.05) is 31.1 Å². The van der Waals surface area contributed by atoms with Crippen molar-refractivity contribution in [3.05, 3.63) is 59.8 Å². The fourth-order valence-electron chi connectivity index (χ4n) is 5.06. The van der Waals surface area contributed by atoms with Gasteiger partial charge < -0.3 is 29.0 Å². The molecule has 2 aliphatic heterocycles. The van der Waals surface area contributed by atoms with Crippen molar-refractivity contribution in [1.29, 1.82) is 0 Å². The molecule has 35 heavy (non-hydrogen) atoms. The average Bonchev–Trinajstić information content (AvgIpc) is 3.53. The Hall–Kier alpha value is -3.52. The van der Waals surface area contributed by atoms with Gasteiger partial charge in [0.25, 0.3) is 5.91 Å². The van der Waals surface area contributed by atoms with Gasteiger partial charge >= 0.3 is 0 Å². The van der Waals surface area contributed by atoms with E-state index >= 15 is 0 Å². The van der Waals surface area contributed by atoms with Crippen LogP contribution >= 0.6 is 0 Å². The summed E-state index contributed by atoms with van der Waals surface area (Å²) in [5, 5.41) is 4.00. The first-order chi connectivity index (χ1) is 16.9. The van der Waals surface area contributed by atoms with Crippen LogP contribution < -0.4 is 14.8 Å². The Balaban J connectivity index is 1.54. The average molecular weight is 478 g/mol. The molecular weight excluding hydrogens is 446 g/mol. The number of rotatable bonds is 7. The van der Waals surface area contributed by atoms with Gasteiger partial charge in [-0.15, -0.1) is 0 Å². The molecule has 1 saturated heterocycles. The molecule has 0 bridgehead atoms. The van der Waals surface area contributed by atoms with Crippen LogP contribution in [0.15, 0.2) is 48.5 Å². The molecule has 0 spiro atoms. The molecule has 0 unspecified atom stereocenters. The number of hydrogen-bond acceptors (Lipinski definition) is 5. The molecule has 1 aromatic heterocycles. The van der Waals surface area contributed by atoms with Crippen molar-refractivity contribution in [2.24, 2.45) is 0 Å². The summed E-state index contributed by atoms with van der Waals surface area (Å²) in [5.41, 5.74) is 1.20. The Morgan fingerprint density at radius 3 is 2.69 bits per heavy atom. The standard InChI is InChI=1S/C27H31N3O5/c1-27(26(32)28-15-22-8-5-11-35-22)17-29-23-14-21(34-3)10-9-19(23)13-24(29)25(31)30(27)16-18-6-4-7-20(12-18)33-2/h4,6-7,9-10,12-14,22H,5,8,11,15-17H2,1-3H3,(H,28,32)/t22-,27-/m1/s1. The van der Waals surface area contributed by atoms with Crippen molar-refractivity contribution in [3.63, 3.8) is 0 Å². The van der Waals surface area contributed by atoms with Crippen LogP contribution in [0.2, 0.25) is 0 Å². The van der Waals surface area contributed by atoms with Crippen molar-refractivity contribution >= 4 is 22.7 Å². The Morgan fingerprint density at radius 1 is 1.14 bits per heavy atom. The van der Waals surface area contributed by atoms with Gasteiger partial charge in [0.15, 0.2) is 0 Å². The number of nitrogens with one attached hydrogen (secondary N) is 1. The number of methoxy groups -OCH3 is 2. The molecule has 0 aliphatic carbocycles. The zero-order chi connectivity index (χ0) is 24.6. The third-order valence-corrected chi connectivity index (χ3v) is 7.12. The van der Waals surface area contributed by atoms with Gasteiger partial charge in [-0.2, -0.15) is 0 Å². The van der Waals surface area contributed by atoms with Gasteiger partial charge in [-0.05, 0) is 55.7 Å². The van der Waals surface area contributed by atoms with E-state index in [9.17, 15) is 9.59 Å². The highest BCUT2D eigenvalue weighted by Crippen LogP contribution is 2.35. The zero-order valence-electron chi connectivity index (χ0n) is 20.4. The molecule has 0 saturated carbocycles. The van der Waals surface area contributed by atoms with Crippen LogP contribution in [0, 0.1) is 0 Å². The summed E-state index contributed by atoms with van der Waals surface area (Å²) in [5.74, 6) is 1.02. The Bertz CT molecular complexity index is 1260. The fourth-order valence-corrected chi connectivity index (χ4v) is 5.06. The molecule has 2 amide bonds. The zero-order valence-corrected chi connectivity index (χ0v) is 20.4. The third kappa shape index (κ3) is 4.23. The van der Waals surface area contributed by atoms with Gasteiger partial charge in [-0.1, -0.05) is 12.1 Å². The summed E-state index contributed by atoms with van der Waals surface area (Å²) in [4.78, 5) is 29.3. The van der Waals surface area contributed by atoms with Crippen LogP contribution in [0.25, 0.3) is 10.9 Å². The molecule has 5 rings (SSSR count). The number of hydrogen-bond donors (Lipinski definition) is 1. The maximum atomic E-state index is 13.9. The molecule has 3 aromatic rings. The van der Waals surface area contributed by atoms with Crippen LogP contribution in [0.4, 0.5) is 0 Å². The first kappa shape index (κ1) is 23.2. The lowest BCUT2D eigenvalue weighted by atomic mass is 9.93. The quantitative estimate of drug-likeness (QED) is 0.564. The lowest BCUT2D eigenvalue weighted by molar-refractivity contribution is -0.133. The van der Waals surface area contributed by atoms with Crippen LogP contribution in [0.1, 0.15) is 35.8 Å². The lowest BCUT2D eigenvalue weighted by Crippen LogP contribution is -2.64. The minimum Gasteiger partial charge on any atom is -0.497 e. The highest BCUT2D eigenvalue weighted by Gasteiger charge is 2.47. The van der Waals surface area contributed by atoms with Crippen LogP contribution in [-0.4, -0.2) is 60.3 Å². The monoisotopic (exact) mass is 477 g/mol. The number of amides is 2. The minimum absolute atomic E-state index is 0.0147.